The number of amides is 5. The second kappa shape index (κ2) is 14.8. The highest BCUT2D eigenvalue weighted by atomic mass is 35.5. The van der Waals surface area contributed by atoms with Gasteiger partial charge in [0.15, 0.2) is 29.6 Å². The van der Waals surface area contributed by atoms with Crippen LogP contribution in [-0.2, 0) is 14.4 Å². The van der Waals surface area contributed by atoms with Crippen molar-refractivity contribution in [1.29, 1.82) is 0 Å². The zero-order valence-corrected chi connectivity index (χ0v) is 26.5. The maximum Gasteiger partial charge on any atom is 0.335 e. The molecule has 5 amide bonds. The average molecular weight is 657 g/mol. The number of nitrogens with zero attached hydrogens (tertiary/aromatic N) is 1. The molecule has 0 spiro atoms. The maximum atomic E-state index is 13.5. The summed E-state index contributed by atoms with van der Waals surface area (Å²) in [5.41, 5.74) is 1.51. The number of imide groups is 2. The van der Waals surface area contributed by atoms with E-state index in [1.165, 1.54) is 37.5 Å². The van der Waals surface area contributed by atoms with E-state index in [9.17, 15) is 19.2 Å². The lowest BCUT2D eigenvalue weighted by atomic mass is 10.1. The van der Waals surface area contributed by atoms with E-state index in [2.05, 4.69) is 10.6 Å². The minimum absolute atomic E-state index is 0.0491. The molecule has 3 aromatic carbocycles. The first kappa shape index (κ1) is 33.2. The molecule has 3 aromatic rings. The van der Waals surface area contributed by atoms with E-state index < -0.39 is 30.4 Å². The number of carbonyl (C=O) groups is 4. The molecule has 0 unspecified atom stereocenters. The van der Waals surface area contributed by atoms with Crippen LogP contribution in [0.25, 0.3) is 6.08 Å². The van der Waals surface area contributed by atoms with Crippen LogP contribution in [-0.4, -0.2) is 50.7 Å². The number of anilines is 2. The highest BCUT2D eigenvalue weighted by Gasteiger charge is 2.37. The molecule has 0 radical (unpaired) electrons. The molecule has 1 aliphatic heterocycles. The van der Waals surface area contributed by atoms with Crippen molar-refractivity contribution in [3.63, 3.8) is 0 Å². The van der Waals surface area contributed by atoms with Gasteiger partial charge >= 0.3 is 6.03 Å². The van der Waals surface area contributed by atoms with Crippen LogP contribution < -0.4 is 34.5 Å². The lowest BCUT2D eigenvalue weighted by Gasteiger charge is -2.27. The van der Waals surface area contributed by atoms with Gasteiger partial charge in [0.1, 0.15) is 5.57 Å². The fourth-order valence-electron chi connectivity index (χ4n) is 4.26. The van der Waals surface area contributed by atoms with Gasteiger partial charge in [0, 0.05) is 16.8 Å². The largest absolute Gasteiger partial charge is 0.493 e. The van der Waals surface area contributed by atoms with Gasteiger partial charge in [0.25, 0.3) is 17.7 Å². The molecule has 1 aliphatic rings. The summed E-state index contributed by atoms with van der Waals surface area (Å²) in [4.78, 5) is 52.4. The Morgan fingerprint density at radius 1 is 0.933 bits per heavy atom. The maximum absolute atomic E-state index is 13.5. The van der Waals surface area contributed by atoms with Gasteiger partial charge in [-0.15, -0.1) is 0 Å². The number of methoxy groups -OCH3 is 1. The predicted octanol–water partition coefficient (Wildman–Crippen LogP) is 6.18. The molecule has 0 bridgehead atoms. The van der Waals surface area contributed by atoms with E-state index in [0.29, 0.717) is 41.0 Å². The van der Waals surface area contributed by atoms with Gasteiger partial charge in [0.05, 0.1) is 31.0 Å². The Bertz CT molecular complexity index is 1670. The number of hydrogen-bond donors (Lipinski definition) is 2. The topological polar surface area (TPSA) is 132 Å². The van der Waals surface area contributed by atoms with Crippen LogP contribution in [0.2, 0.25) is 10.0 Å². The Morgan fingerprint density at radius 3 is 2.40 bits per heavy atom. The lowest BCUT2D eigenvalue weighted by molar-refractivity contribution is -0.122. The first-order valence-corrected chi connectivity index (χ1v) is 14.7. The van der Waals surface area contributed by atoms with Gasteiger partial charge in [0.2, 0.25) is 0 Å². The normalized spacial score (nSPS) is 13.9. The second-order valence-electron chi connectivity index (χ2n) is 9.71. The van der Waals surface area contributed by atoms with Crippen LogP contribution in [0.5, 0.6) is 23.0 Å². The minimum Gasteiger partial charge on any atom is -0.493 e. The molecular weight excluding hydrogens is 625 g/mol. The summed E-state index contributed by atoms with van der Waals surface area (Å²) in [5, 5.41) is 5.43. The number of rotatable bonds is 12. The summed E-state index contributed by atoms with van der Waals surface area (Å²) >= 11 is 12.6. The number of halogens is 2. The highest BCUT2D eigenvalue weighted by molar-refractivity contribution is 6.39. The van der Waals surface area contributed by atoms with E-state index in [4.69, 9.17) is 42.1 Å². The molecule has 4 rings (SSSR count). The van der Waals surface area contributed by atoms with Gasteiger partial charge in [-0.1, -0.05) is 36.2 Å². The van der Waals surface area contributed by atoms with E-state index in [1.807, 2.05) is 13.8 Å². The fourth-order valence-corrected chi connectivity index (χ4v) is 4.72. The number of carbonyl (C=O) groups excluding carboxylic acids is 4. The Kier molecular flexibility index (Phi) is 10.9. The summed E-state index contributed by atoms with van der Waals surface area (Å²) in [6.45, 7) is 5.98. The molecule has 1 saturated heterocycles. The van der Waals surface area contributed by atoms with E-state index in [1.54, 1.807) is 31.2 Å². The van der Waals surface area contributed by atoms with Gasteiger partial charge in [-0.05, 0) is 73.9 Å². The molecule has 13 heteroatoms. The van der Waals surface area contributed by atoms with Crippen LogP contribution in [0.15, 0.2) is 54.1 Å². The zero-order chi connectivity index (χ0) is 32.7. The van der Waals surface area contributed by atoms with E-state index in [0.717, 1.165) is 16.9 Å². The molecule has 1 heterocycles. The molecule has 0 saturated carbocycles. The highest BCUT2D eigenvalue weighted by Crippen LogP contribution is 2.38. The summed E-state index contributed by atoms with van der Waals surface area (Å²) in [6, 6.07) is 11.7. The Balaban J connectivity index is 1.56. The number of urea groups is 1. The van der Waals surface area contributed by atoms with Crippen molar-refractivity contribution < 1.29 is 38.1 Å². The molecule has 236 valence electrons. The van der Waals surface area contributed by atoms with Crippen molar-refractivity contribution in [3.05, 3.63) is 75.3 Å². The van der Waals surface area contributed by atoms with Crippen LogP contribution >= 0.6 is 23.2 Å². The van der Waals surface area contributed by atoms with E-state index in [-0.39, 0.29) is 27.8 Å². The second-order valence-corrected chi connectivity index (χ2v) is 10.5. The number of hydrogen-bond acceptors (Lipinski definition) is 8. The molecular formula is C32H31Cl2N3O8. The number of aryl methyl sites for hydroxylation is 1. The Labute approximate surface area is 270 Å². The third kappa shape index (κ3) is 7.86. The smallest absolute Gasteiger partial charge is 0.335 e. The third-order valence-corrected chi connectivity index (χ3v) is 7.10. The van der Waals surface area contributed by atoms with Crippen molar-refractivity contribution >= 4 is 64.4 Å². The summed E-state index contributed by atoms with van der Waals surface area (Å²) in [7, 11) is 1.37. The molecule has 0 atom stereocenters. The molecule has 45 heavy (non-hydrogen) atoms. The van der Waals surface area contributed by atoms with Gasteiger partial charge in [-0.2, -0.15) is 0 Å². The van der Waals surface area contributed by atoms with Crippen LogP contribution in [0.1, 0.15) is 31.4 Å². The monoisotopic (exact) mass is 655 g/mol. The quantitative estimate of drug-likeness (QED) is 0.175. The summed E-state index contributed by atoms with van der Waals surface area (Å²) in [5.74, 6) is -1.21. The Hall–Kier alpha value is -4.74. The van der Waals surface area contributed by atoms with Crippen LogP contribution in [0.3, 0.4) is 0 Å². The summed E-state index contributed by atoms with van der Waals surface area (Å²) < 4.78 is 22.4. The average Bonchev–Trinajstić information content (AvgIpc) is 3.00. The van der Waals surface area contributed by atoms with Crippen molar-refractivity contribution in [2.24, 2.45) is 0 Å². The number of barbiturate groups is 1. The van der Waals surface area contributed by atoms with E-state index >= 15 is 0 Å². The Morgan fingerprint density at radius 2 is 1.71 bits per heavy atom. The molecule has 1 fully saturated rings. The molecule has 2 N–H and O–H groups in total. The lowest BCUT2D eigenvalue weighted by Crippen LogP contribution is -2.54. The van der Waals surface area contributed by atoms with Crippen molar-refractivity contribution in [2.45, 2.75) is 27.2 Å². The summed E-state index contributed by atoms with van der Waals surface area (Å²) in [6.07, 6.45) is 2.04. The van der Waals surface area contributed by atoms with Crippen LogP contribution in [0, 0.1) is 6.92 Å². The number of nitrogens with one attached hydrogen (secondary N) is 2. The van der Waals surface area contributed by atoms with Gasteiger partial charge < -0.3 is 24.3 Å². The first-order valence-electron chi connectivity index (χ1n) is 13.9. The standard InChI is InChI=1S/C32H31Cl2N3O8/c1-5-11-44-25-10-9-21(16-26(25)43-6-2)37-31(40)22(30(39)36-32(37)41)12-19-13-24(34)29(27(14-19)42-4)45-17-28(38)35-20-8-7-18(3)23(33)15-20/h7-10,12-16H,5-6,11,17H2,1-4H3,(H,35,38)(H,36,39,41)/b22-12+. The SMILES string of the molecule is CCCOc1ccc(N2C(=O)NC(=O)/C(=C\c3cc(Cl)c(OCC(=O)Nc4ccc(C)c(Cl)c4)c(OC)c3)C2=O)cc1OCC. The molecule has 0 aliphatic carbocycles. The van der Waals surface area contributed by atoms with Gasteiger partial charge in [-0.25, -0.2) is 9.69 Å². The first-order chi connectivity index (χ1) is 21.6. The van der Waals surface area contributed by atoms with Gasteiger partial charge in [-0.3, -0.25) is 19.7 Å². The number of ether oxygens (including phenoxy) is 4. The van der Waals surface area contributed by atoms with Crippen LogP contribution in [0.4, 0.5) is 16.2 Å². The minimum atomic E-state index is -0.919. The van der Waals surface area contributed by atoms with Crippen molar-refractivity contribution in [3.8, 4) is 23.0 Å². The molecule has 11 nitrogen and oxygen atoms in total. The third-order valence-electron chi connectivity index (χ3n) is 6.41. The fraction of sp³-hybridized carbons (Fsp3) is 0.250. The predicted molar refractivity (Wildman–Crippen MR) is 171 cm³/mol. The number of benzene rings is 3. The zero-order valence-electron chi connectivity index (χ0n) is 25.0. The van der Waals surface area contributed by atoms with Crippen molar-refractivity contribution in [2.75, 3.05) is 37.1 Å². The van der Waals surface area contributed by atoms with Crippen molar-refractivity contribution in [1.82, 2.24) is 5.32 Å². The molecule has 0 aromatic heterocycles.